The summed E-state index contributed by atoms with van der Waals surface area (Å²) in [6.07, 6.45) is 0.750. The molecular weight excluding hydrogens is 555 g/mol. The molecule has 1 N–H and O–H groups in total. The molecule has 0 saturated heterocycles. The van der Waals surface area contributed by atoms with Gasteiger partial charge in [-0.3, -0.25) is 14.2 Å². The van der Waals surface area contributed by atoms with Crippen molar-refractivity contribution in [2.45, 2.75) is 24.9 Å². The van der Waals surface area contributed by atoms with Crippen LogP contribution in [0.3, 0.4) is 0 Å². The zero-order chi connectivity index (χ0) is 29.5. The minimum atomic E-state index is -0.175. The monoisotopic (exact) mass is 583 g/mol. The molecule has 0 fully saturated rings. The van der Waals surface area contributed by atoms with Gasteiger partial charge in [0.15, 0.2) is 5.16 Å². The first kappa shape index (κ1) is 29.5. The van der Waals surface area contributed by atoms with E-state index in [9.17, 15) is 20.0 Å². The standard InChI is InChI=1S/C28H22N4O2S2.C3H7NO/c1-17(2)18-9-4-7-13-23(18)32-27(34)19-10-3-5-11-21(19)31-28(32)35-16-24(33)20(15-29)26-30-22-12-6-8-14-25(22)36-26;1-4(2)3-5/h3-14,17,33H,16H2,1-2H3;3H,1-2H3/b24-20+;. The second-order valence-electron chi connectivity index (χ2n) is 9.54. The number of para-hydroxylation sites is 3. The Morgan fingerprint density at radius 2 is 1.68 bits per heavy atom. The molecule has 0 aliphatic heterocycles. The topological polar surface area (TPSA) is 112 Å². The minimum Gasteiger partial charge on any atom is -0.510 e. The van der Waals surface area contributed by atoms with Crippen molar-refractivity contribution >= 4 is 56.2 Å². The number of allylic oxidation sites excluding steroid dienone is 1. The highest BCUT2D eigenvalue weighted by atomic mass is 32.2. The fraction of sp³-hybridized carbons (Fsp3) is 0.194. The van der Waals surface area contributed by atoms with Gasteiger partial charge in [0.2, 0.25) is 6.41 Å². The molecule has 2 aromatic heterocycles. The third kappa shape index (κ3) is 6.65. The van der Waals surface area contributed by atoms with E-state index in [4.69, 9.17) is 4.98 Å². The third-order valence-corrected chi connectivity index (χ3v) is 8.01. The zero-order valence-corrected chi connectivity index (χ0v) is 24.7. The Kier molecular flexibility index (Phi) is 9.55. The number of thiazole rings is 1. The lowest BCUT2D eigenvalue weighted by Crippen LogP contribution is -2.23. The van der Waals surface area contributed by atoms with E-state index in [2.05, 4.69) is 24.9 Å². The molecule has 0 aliphatic rings. The molecule has 10 heteroatoms. The molecule has 0 saturated carbocycles. The van der Waals surface area contributed by atoms with E-state index in [1.165, 1.54) is 28.0 Å². The molecule has 0 spiro atoms. The van der Waals surface area contributed by atoms with Crippen LogP contribution >= 0.6 is 23.1 Å². The average Bonchev–Trinajstić information content (AvgIpc) is 3.40. The number of aliphatic hydroxyl groups is 1. The van der Waals surface area contributed by atoms with Crippen LogP contribution in [0.1, 0.15) is 30.3 Å². The maximum absolute atomic E-state index is 13.7. The van der Waals surface area contributed by atoms with Crippen LogP contribution in [-0.2, 0) is 4.79 Å². The van der Waals surface area contributed by atoms with Crippen molar-refractivity contribution in [3.05, 3.63) is 99.5 Å². The van der Waals surface area contributed by atoms with Crippen LogP contribution in [0.15, 0.2) is 88.5 Å². The average molecular weight is 584 g/mol. The summed E-state index contributed by atoms with van der Waals surface area (Å²) in [6.45, 7) is 4.16. The number of hydrogen-bond acceptors (Lipinski definition) is 8. The summed E-state index contributed by atoms with van der Waals surface area (Å²) in [4.78, 5) is 33.8. The Morgan fingerprint density at radius 3 is 2.34 bits per heavy atom. The van der Waals surface area contributed by atoms with Gasteiger partial charge in [0.1, 0.15) is 22.4 Å². The molecule has 0 aliphatic carbocycles. The van der Waals surface area contributed by atoms with Crippen LogP contribution in [0, 0.1) is 11.3 Å². The zero-order valence-electron chi connectivity index (χ0n) is 23.1. The van der Waals surface area contributed by atoms with Gasteiger partial charge in [0, 0.05) is 14.1 Å². The van der Waals surface area contributed by atoms with Crippen molar-refractivity contribution in [2.75, 3.05) is 19.8 Å². The van der Waals surface area contributed by atoms with Gasteiger partial charge in [-0.25, -0.2) is 9.97 Å². The first-order chi connectivity index (χ1) is 19.7. The Labute approximate surface area is 246 Å². The van der Waals surface area contributed by atoms with E-state index in [0.29, 0.717) is 21.1 Å². The van der Waals surface area contributed by atoms with Crippen LogP contribution in [-0.4, -0.2) is 50.8 Å². The Hall–Kier alpha value is -4.46. The number of thioether (sulfide) groups is 1. The summed E-state index contributed by atoms with van der Waals surface area (Å²) in [6, 6.07) is 24.7. The van der Waals surface area contributed by atoms with Gasteiger partial charge in [0.25, 0.3) is 5.56 Å². The molecule has 0 atom stereocenters. The number of aliphatic hydroxyl groups excluding tert-OH is 1. The van der Waals surface area contributed by atoms with Gasteiger partial charge in [-0.2, -0.15) is 5.26 Å². The summed E-state index contributed by atoms with van der Waals surface area (Å²) in [5.74, 6) is 0.149. The summed E-state index contributed by atoms with van der Waals surface area (Å²) >= 11 is 2.57. The minimum absolute atomic E-state index is 0.0629. The molecule has 208 valence electrons. The molecule has 1 amide bonds. The van der Waals surface area contributed by atoms with E-state index in [-0.39, 0.29) is 28.6 Å². The van der Waals surface area contributed by atoms with Crippen molar-refractivity contribution in [2.24, 2.45) is 0 Å². The molecule has 41 heavy (non-hydrogen) atoms. The van der Waals surface area contributed by atoms with E-state index < -0.39 is 0 Å². The van der Waals surface area contributed by atoms with Crippen molar-refractivity contribution in [3.8, 4) is 11.8 Å². The van der Waals surface area contributed by atoms with Gasteiger partial charge in [-0.05, 0) is 41.8 Å². The Morgan fingerprint density at radius 1 is 1.05 bits per heavy atom. The highest BCUT2D eigenvalue weighted by Gasteiger charge is 2.19. The Balaban J connectivity index is 0.000000714. The van der Waals surface area contributed by atoms with E-state index in [1.807, 2.05) is 60.7 Å². The van der Waals surface area contributed by atoms with Gasteiger partial charge >= 0.3 is 0 Å². The number of amides is 1. The quantitative estimate of drug-likeness (QED) is 0.0775. The largest absolute Gasteiger partial charge is 0.510 e. The number of nitriles is 1. The number of hydrogen-bond donors (Lipinski definition) is 1. The Bertz CT molecular complexity index is 1800. The van der Waals surface area contributed by atoms with Gasteiger partial charge in [0.05, 0.1) is 32.6 Å². The lowest BCUT2D eigenvalue weighted by atomic mass is 10.0. The van der Waals surface area contributed by atoms with E-state index in [1.54, 1.807) is 30.8 Å². The third-order valence-electron chi connectivity index (χ3n) is 6.00. The fourth-order valence-corrected chi connectivity index (χ4v) is 5.89. The predicted octanol–water partition coefficient (Wildman–Crippen LogP) is 6.41. The molecule has 0 unspecified atom stereocenters. The number of carbonyl (C=O) groups excluding carboxylic acids is 1. The second-order valence-corrected chi connectivity index (χ2v) is 11.5. The van der Waals surface area contributed by atoms with Gasteiger partial charge in [-0.1, -0.05) is 68.1 Å². The fourth-order valence-electron chi connectivity index (χ4n) is 4.02. The van der Waals surface area contributed by atoms with Crippen LogP contribution in [0.5, 0.6) is 0 Å². The molecule has 0 bridgehead atoms. The number of fused-ring (bicyclic) bond motifs is 2. The van der Waals surface area contributed by atoms with Crippen LogP contribution in [0.2, 0.25) is 0 Å². The van der Waals surface area contributed by atoms with E-state index in [0.717, 1.165) is 27.9 Å². The smallest absolute Gasteiger partial charge is 0.266 e. The SMILES string of the molecule is CC(C)c1ccccc1-n1c(SC/C(O)=C(/C#N)c2nc3ccccc3s2)nc2ccccc2c1=O.CN(C)C=O. The number of nitrogens with zero attached hydrogens (tertiary/aromatic N) is 5. The number of carbonyl (C=O) groups is 1. The maximum atomic E-state index is 13.7. The number of benzene rings is 3. The molecule has 5 rings (SSSR count). The summed E-state index contributed by atoms with van der Waals surface area (Å²) in [5.41, 5.74) is 3.09. The second kappa shape index (κ2) is 13.3. The molecule has 2 heterocycles. The van der Waals surface area contributed by atoms with Crippen molar-refractivity contribution in [1.82, 2.24) is 19.4 Å². The van der Waals surface area contributed by atoms with Crippen LogP contribution < -0.4 is 5.56 Å². The lowest BCUT2D eigenvalue weighted by molar-refractivity contribution is -0.115. The molecule has 0 radical (unpaired) electrons. The highest BCUT2D eigenvalue weighted by molar-refractivity contribution is 7.99. The first-order valence-electron chi connectivity index (χ1n) is 12.8. The van der Waals surface area contributed by atoms with Crippen molar-refractivity contribution in [3.63, 3.8) is 0 Å². The molecule has 5 aromatic rings. The highest BCUT2D eigenvalue weighted by Crippen LogP contribution is 2.31. The lowest BCUT2D eigenvalue weighted by Gasteiger charge is -2.18. The van der Waals surface area contributed by atoms with Gasteiger partial charge in [-0.15, -0.1) is 11.3 Å². The number of rotatable bonds is 7. The summed E-state index contributed by atoms with van der Waals surface area (Å²) in [7, 11) is 3.38. The normalized spacial score (nSPS) is 11.5. The molecule has 8 nitrogen and oxygen atoms in total. The van der Waals surface area contributed by atoms with Crippen molar-refractivity contribution < 1.29 is 9.90 Å². The summed E-state index contributed by atoms with van der Waals surface area (Å²) < 4.78 is 2.55. The van der Waals surface area contributed by atoms with Crippen LogP contribution in [0.25, 0.3) is 32.4 Å². The first-order valence-corrected chi connectivity index (χ1v) is 14.6. The molecule has 3 aromatic carbocycles. The predicted molar refractivity (Wildman–Crippen MR) is 167 cm³/mol. The summed E-state index contributed by atoms with van der Waals surface area (Å²) in [5, 5.41) is 22.2. The van der Waals surface area contributed by atoms with Gasteiger partial charge < -0.3 is 10.0 Å². The molecular formula is C31H29N5O3S2. The van der Waals surface area contributed by atoms with Crippen LogP contribution in [0.4, 0.5) is 0 Å². The van der Waals surface area contributed by atoms with E-state index >= 15 is 0 Å². The maximum Gasteiger partial charge on any atom is 0.266 e. The number of aromatic nitrogens is 3. The van der Waals surface area contributed by atoms with Crippen molar-refractivity contribution in [1.29, 1.82) is 5.26 Å².